The third kappa shape index (κ3) is 9.50. The van der Waals surface area contributed by atoms with Crippen LogP contribution in [0.3, 0.4) is 0 Å². The summed E-state index contributed by atoms with van der Waals surface area (Å²) in [5, 5.41) is 2.31. The van der Waals surface area contributed by atoms with Gasteiger partial charge in [0, 0.05) is 17.1 Å². The van der Waals surface area contributed by atoms with Crippen LogP contribution in [0.1, 0.15) is 41.5 Å². The number of ether oxygens (including phenoxy) is 1. The predicted octanol–water partition coefficient (Wildman–Crippen LogP) is 10.7. The van der Waals surface area contributed by atoms with E-state index in [4.69, 9.17) is 4.74 Å². The Labute approximate surface area is 225 Å². The second-order valence-corrected chi connectivity index (χ2v) is 7.40. The van der Waals surface area contributed by atoms with Crippen molar-refractivity contribution in [1.29, 1.82) is 0 Å². The zero-order valence-corrected chi connectivity index (χ0v) is 23.6. The van der Waals surface area contributed by atoms with E-state index in [0.717, 1.165) is 39.2 Å². The Kier molecular flexibility index (Phi) is 15.3. The first kappa shape index (κ1) is 31.0. The maximum atomic E-state index is 5.38. The molecule has 3 aromatic rings. The van der Waals surface area contributed by atoms with Gasteiger partial charge in [0.1, 0.15) is 5.75 Å². The highest BCUT2D eigenvalue weighted by Gasteiger charge is 2.13. The summed E-state index contributed by atoms with van der Waals surface area (Å²) < 4.78 is 5.38. The maximum absolute atomic E-state index is 5.38. The molecular formula is C35H43NO. The van der Waals surface area contributed by atoms with Crippen LogP contribution in [-0.2, 0) is 0 Å². The van der Waals surface area contributed by atoms with Crippen LogP contribution in [0.2, 0.25) is 0 Å². The SMILES string of the molecule is C=CC(/C=C/C=C/C=C(\C=C/C)N(c1ccccc1)c1ccc2cc(OC)ccc2c1)=C\C.CC.CC. The lowest BCUT2D eigenvalue weighted by Crippen LogP contribution is -2.15. The van der Waals surface area contributed by atoms with Crippen LogP contribution in [0, 0.1) is 0 Å². The first-order valence-electron chi connectivity index (χ1n) is 13.1. The lowest BCUT2D eigenvalue weighted by atomic mass is 10.1. The zero-order chi connectivity index (χ0) is 27.5. The van der Waals surface area contributed by atoms with E-state index in [1.54, 1.807) is 7.11 Å². The molecule has 0 fully saturated rings. The van der Waals surface area contributed by atoms with Gasteiger partial charge in [-0.15, -0.1) is 0 Å². The van der Waals surface area contributed by atoms with E-state index in [0.29, 0.717) is 0 Å². The molecule has 194 valence electrons. The van der Waals surface area contributed by atoms with E-state index in [2.05, 4.69) is 90.4 Å². The molecule has 3 rings (SSSR count). The van der Waals surface area contributed by atoms with Crippen molar-refractivity contribution in [2.75, 3.05) is 12.0 Å². The van der Waals surface area contributed by atoms with E-state index in [1.165, 1.54) is 0 Å². The summed E-state index contributed by atoms with van der Waals surface area (Å²) in [5.41, 5.74) is 4.35. The van der Waals surface area contributed by atoms with Gasteiger partial charge >= 0.3 is 0 Å². The zero-order valence-electron chi connectivity index (χ0n) is 23.6. The van der Waals surface area contributed by atoms with Gasteiger partial charge in [0.25, 0.3) is 0 Å². The molecule has 0 saturated carbocycles. The van der Waals surface area contributed by atoms with Crippen molar-refractivity contribution in [2.45, 2.75) is 41.5 Å². The van der Waals surface area contributed by atoms with Crippen molar-refractivity contribution >= 4 is 22.1 Å². The Morgan fingerprint density at radius 1 is 0.757 bits per heavy atom. The van der Waals surface area contributed by atoms with Gasteiger partial charge in [-0.3, -0.25) is 0 Å². The Hall–Kier alpha value is -4.04. The number of allylic oxidation sites excluding steroid dienone is 10. The molecule has 0 saturated heterocycles. The summed E-state index contributed by atoms with van der Waals surface area (Å²) in [5.74, 6) is 0.861. The molecule has 0 amide bonds. The molecule has 0 aliphatic carbocycles. The van der Waals surface area contributed by atoms with Gasteiger partial charge in [0.2, 0.25) is 0 Å². The van der Waals surface area contributed by atoms with Gasteiger partial charge in [-0.05, 0) is 78.7 Å². The van der Waals surface area contributed by atoms with Crippen LogP contribution in [-0.4, -0.2) is 7.11 Å². The van der Waals surface area contributed by atoms with Gasteiger partial charge < -0.3 is 9.64 Å². The average Bonchev–Trinajstić information content (AvgIpc) is 2.97. The third-order valence-electron chi connectivity index (χ3n) is 5.25. The molecule has 0 unspecified atom stereocenters. The Morgan fingerprint density at radius 3 is 2.05 bits per heavy atom. The lowest BCUT2D eigenvalue weighted by molar-refractivity contribution is 0.415. The van der Waals surface area contributed by atoms with Crippen molar-refractivity contribution in [1.82, 2.24) is 0 Å². The predicted molar refractivity (Wildman–Crippen MR) is 167 cm³/mol. The Bertz CT molecular complexity index is 1230. The van der Waals surface area contributed by atoms with Crippen LogP contribution < -0.4 is 9.64 Å². The fraction of sp³-hybridized carbons (Fsp3) is 0.200. The number of methoxy groups -OCH3 is 1. The quantitative estimate of drug-likeness (QED) is 0.275. The van der Waals surface area contributed by atoms with E-state index >= 15 is 0 Å². The highest BCUT2D eigenvalue weighted by molar-refractivity contribution is 5.89. The van der Waals surface area contributed by atoms with Crippen molar-refractivity contribution in [3.63, 3.8) is 0 Å². The normalized spacial score (nSPS) is 11.8. The molecule has 2 nitrogen and oxygen atoms in total. The van der Waals surface area contributed by atoms with Gasteiger partial charge in [-0.1, -0.05) is 107 Å². The topological polar surface area (TPSA) is 12.5 Å². The molecular weight excluding hydrogens is 450 g/mol. The first-order chi connectivity index (χ1) is 18.2. The summed E-state index contributed by atoms with van der Waals surface area (Å²) in [6.45, 7) is 15.9. The van der Waals surface area contributed by atoms with E-state index in [-0.39, 0.29) is 0 Å². The second kappa shape index (κ2) is 18.3. The summed E-state index contributed by atoms with van der Waals surface area (Å²) in [7, 11) is 1.69. The number of benzene rings is 3. The molecule has 0 radical (unpaired) electrons. The smallest absolute Gasteiger partial charge is 0.119 e. The highest BCUT2D eigenvalue weighted by atomic mass is 16.5. The number of rotatable bonds is 9. The standard InChI is InChI=1S/C31H31NO.2C2H6/c1-5-14-28(16-11-8-10-15-25(6-2)7-3)32(29-17-12-9-13-18-29)30-21-19-27-24-31(33-4)22-20-26(27)23-30;2*1-2/h5-24H,2H2,1,3-4H3;2*1-2H3/b11-8+,14-5-,15-10+,25-7+,28-16+;;. The fourth-order valence-corrected chi connectivity index (χ4v) is 3.54. The molecule has 37 heavy (non-hydrogen) atoms. The number of para-hydroxylation sites is 1. The molecule has 0 heterocycles. The number of hydrogen-bond donors (Lipinski definition) is 0. The van der Waals surface area contributed by atoms with Crippen molar-refractivity contribution in [2.24, 2.45) is 0 Å². The number of nitrogens with zero attached hydrogens (tertiary/aromatic N) is 1. The van der Waals surface area contributed by atoms with Crippen LogP contribution >= 0.6 is 0 Å². The van der Waals surface area contributed by atoms with Gasteiger partial charge in [0.05, 0.1) is 7.11 Å². The number of fused-ring (bicyclic) bond motifs is 1. The number of hydrogen-bond acceptors (Lipinski definition) is 2. The molecule has 0 bridgehead atoms. The van der Waals surface area contributed by atoms with Gasteiger partial charge in [-0.25, -0.2) is 0 Å². The van der Waals surface area contributed by atoms with E-state index in [1.807, 2.05) is 84.1 Å². The highest BCUT2D eigenvalue weighted by Crippen LogP contribution is 2.33. The molecule has 0 N–H and O–H groups in total. The van der Waals surface area contributed by atoms with E-state index in [9.17, 15) is 0 Å². The molecule has 0 spiro atoms. The van der Waals surface area contributed by atoms with Crippen LogP contribution in [0.25, 0.3) is 10.8 Å². The third-order valence-corrected chi connectivity index (χ3v) is 5.25. The summed E-state index contributed by atoms with van der Waals surface area (Å²) in [6.07, 6.45) is 18.3. The second-order valence-electron chi connectivity index (χ2n) is 7.40. The minimum Gasteiger partial charge on any atom is -0.497 e. The molecule has 0 aliphatic heterocycles. The fourth-order valence-electron chi connectivity index (χ4n) is 3.54. The molecule has 3 aromatic carbocycles. The molecule has 0 aromatic heterocycles. The van der Waals surface area contributed by atoms with Crippen LogP contribution in [0.4, 0.5) is 11.4 Å². The Morgan fingerprint density at radius 2 is 1.43 bits per heavy atom. The van der Waals surface area contributed by atoms with Crippen LogP contribution in [0.5, 0.6) is 5.75 Å². The monoisotopic (exact) mass is 493 g/mol. The van der Waals surface area contributed by atoms with Gasteiger partial charge in [-0.2, -0.15) is 0 Å². The summed E-state index contributed by atoms with van der Waals surface area (Å²) >= 11 is 0. The van der Waals surface area contributed by atoms with Crippen molar-refractivity contribution < 1.29 is 4.74 Å². The van der Waals surface area contributed by atoms with Crippen LogP contribution in [0.15, 0.2) is 139 Å². The largest absolute Gasteiger partial charge is 0.497 e. The first-order valence-corrected chi connectivity index (χ1v) is 13.1. The Balaban J connectivity index is 0.00000163. The van der Waals surface area contributed by atoms with Crippen molar-refractivity contribution in [3.05, 3.63) is 139 Å². The average molecular weight is 494 g/mol. The maximum Gasteiger partial charge on any atom is 0.119 e. The molecule has 2 heteroatoms. The molecule has 0 aliphatic rings. The minimum absolute atomic E-state index is 0.861. The summed E-state index contributed by atoms with van der Waals surface area (Å²) in [4.78, 5) is 2.26. The number of anilines is 2. The van der Waals surface area contributed by atoms with Crippen molar-refractivity contribution in [3.8, 4) is 5.75 Å². The summed E-state index contributed by atoms with van der Waals surface area (Å²) in [6, 6.07) is 23.1. The molecule has 0 atom stereocenters. The lowest BCUT2D eigenvalue weighted by Gasteiger charge is -2.26. The van der Waals surface area contributed by atoms with Gasteiger partial charge in [0.15, 0.2) is 0 Å². The van der Waals surface area contributed by atoms with E-state index < -0.39 is 0 Å². The minimum atomic E-state index is 0.861.